The van der Waals surface area contributed by atoms with E-state index in [2.05, 4.69) is 11.2 Å². The molecular weight excluding hydrogens is 356 g/mol. The van der Waals surface area contributed by atoms with Crippen molar-refractivity contribution in [3.05, 3.63) is 53.6 Å². The molecule has 0 aliphatic rings. The fourth-order valence-electron chi connectivity index (χ4n) is 2.37. The molecule has 0 heterocycles. The quantitative estimate of drug-likeness (QED) is 0.432. The number of nitrogens with zero attached hydrogens (tertiary/aromatic N) is 1. The number of amides is 1. The monoisotopic (exact) mass is 376 g/mol. The molecule has 2 aromatic rings. The molecule has 0 saturated carbocycles. The number of hydrogen-bond donors (Lipinski definition) is 1. The number of ether oxygens (including phenoxy) is 3. The molecule has 2 rings (SSSR count). The Labute approximate surface area is 164 Å². The van der Waals surface area contributed by atoms with E-state index < -0.39 is 5.91 Å². The summed E-state index contributed by atoms with van der Waals surface area (Å²) in [4.78, 5) is 12.5. The predicted octanol–water partition coefficient (Wildman–Crippen LogP) is 3.65. The maximum absolute atomic E-state index is 12.5. The largest absolute Gasteiger partial charge is 0.495 e. The van der Waals surface area contributed by atoms with Crippen molar-refractivity contribution in [2.45, 2.75) is 6.92 Å². The summed E-state index contributed by atoms with van der Waals surface area (Å²) in [6.45, 7) is 2.38. The summed E-state index contributed by atoms with van der Waals surface area (Å²) in [5.41, 5.74) is 1.03. The van der Waals surface area contributed by atoms with Gasteiger partial charge in [-0.2, -0.15) is 5.26 Å². The van der Waals surface area contributed by atoms with Gasteiger partial charge in [0.05, 0.1) is 19.4 Å². The smallest absolute Gasteiger partial charge is 0.266 e. The number of anilines is 1. The zero-order chi connectivity index (χ0) is 20.4. The second kappa shape index (κ2) is 10.3. The summed E-state index contributed by atoms with van der Waals surface area (Å²) in [7, 11) is 1.51. The van der Waals surface area contributed by atoms with Crippen LogP contribution in [0.1, 0.15) is 12.5 Å². The Morgan fingerprint density at radius 3 is 2.64 bits per heavy atom. The predicted molar refractivity (Wildman–Crippen MR) is 107 cm³/mol. The van der Waals surface area contributed by atoms with Gasteiger partial charge in [0.25, 0.3) is 5.91 Å². The molecule has 0 atom stereocenters. The van der Waals surface area contributed by atoms with Crippen LogP contribution in [0.2, 0.25) is 0 Å². The second-order valence-electron chi connectivity index (χ2n) is 5.46. The Balaban J connectivity index is 2.28. The van der Waals surface area contributed by atoms with Gasteiger partial charge in [-0.3, -0.25) is 4.79 Å². The summed E-state index contributed by atoms with van der Waals surface area (Å²) in [6, 6.07) is 13.9. The van der Waals surface area contributed by atoms with Gasteiger partial charge in [-0.1, -0.05) is 24.1 Å². The van der Waals surface area contributed by atoms with Crippen molar-refractivity contribution in [2.75, 3.05) is 25.6 Å². The molecule has 142 valence electrons. The number of terminal acetylenes is 1. The van der Waals surface area contributed by atoms with Crippen molar-refractivity contribution in [3.8, 4) is 35.7 Å². The van der Waals surface area contributed by atoms with Crippen LogP contribution < -0.4 is 19.5 Å². The van der Waals surface area contributed by atoms with Crippen LogP contribution in [-0.4, -0.2) is 26.2 Å². The third kappa shape index (κ3) is 5.30. The van der Waals surface area contributed by atoms with Gasteiger partial charge in [-0.05, 0) is 42.8 Å². The summed E-state index contributed by atoms with van der Waals surface area (Å²) in [5, 5.41) is 12.1. The first-order valence-corrected chi connectivity index (χ1v) is 8.52. The van der Waals surface area contributed by atoms with Crippen LogP contribution in [0, 0.1) is 23.7 Å². The van der Waals surface area contributed by atoms with E-state index in [-0.39, 0.29) is 12.2 Å². The molecular formula is C22H20N2O4. The molecule has 0 bridgehead atoms. The molecule has 1 N–H and O–H groups in total. The first-order valence-electron chi connectivity index (χ1n) is 8.52. The number of rotatable bonds is 8. The average molecular weight is 376 g/mol. The molecule has 0 aromatic heterocycles. The number of hydrogen-bond acceptors (Lipinski definition) is 5. The molecule has 0 radical (unpaired) electrons. The normalized spacial score (nSPS) is 10.4. The van der Waals surface area contributed by atoms with Crippen LogP contribution in [0.3, 0.4) is 0 Å². The Hall–Kier alpha value is -3.90. The number of nitriles is 1. The first kappa shape index (κ1) is 20.4. The molecule has 0 fully saturated rings. The molecule has 6 heteroatoms. The molecule has 0 saturated heterocycles. The maximum Gasteiger partial charge on any atom is 0.266 e. The van der Waals surface area contributed by atoms with Gasteiger partial charge >= 0.3 is 0 Å². The zero-order valence-electron chi connectivity index (χ0n) is 15.7. The highest BCUT2D eigenvalue weighted by Gasteiger charge is 2.13. The molecule has 0 spiro atoms. The van der Waals surface area contributed by atoms with Gasteiger partial charge in [0.15, 0.2) is 11.5 Å². The van der Waals surface area contributed by atoms with E-state index in [4.69, 9.17) is 20.6 Å². The molecule has 0 unspecified atom stereocenters. The number of carbonyl (C=O) groups is 1. The third-order valence-electron chi connectivity index (χ3n) is 3.61. The van der Waals surface area contributed by atoms with E-state index >= 15 is 0 Å². The van der Waals surface area contributed by atoms with Gasteiger partial charge < -0.3 is 19.5 Å². The molecule has 6 nitrogen and oxygen atoms in total. The molecule has 0 aliphatic heterocycles. The van der Waals surface area contributed by atoms with Crippen LogP contribution in [0.5, 0.6) is 17.2 Å². The number of carbonyl (C=O) groups excluding carboxylic acids is 1. The lowest BCUT2D eigenvalue weighted by molar-refractivity contribution is -0.112. The van der Waals surface area contributed by atoms with Crippen LogP contribution >= 0.6 is 0 Å². The van der Waals surface area contributed by atoms with E-state index in [1.807, 2.05) is 13.0 Å². The van der Waals surface area contributed by atoms with E-state index in [0.717, 1.165) is 0 Å². The van der Waals surface area contributed by atoms with E-state index in [9.17, 15) is 10.1 Å². The summed E-state index contributed by atoms with van der Waals surface area (Å²) in [5.74, 6) is 3.33. The highest BCUT2D eigenvalue weighted by atomic mass is 16.5. The van der Waals surface area contributed by atoms with Crippen molar-refractivity contribution in [1.29, 1.82) is 5.26 Å². The topological polar surface area (TPSA) is 80.6 Å². The van der Waals surface area contributed by atoms with Crippen molar-refractivity contribution < 1.29 is 19.0 Å². The van der Waals surface area contributed by atoms with Crippen LogP contribution in [0.4, 0.5) is 5.69 Å². The number of para-hydroxylation sites is 2. The zero-order valence-corrected chi connectivity index (χ0v) is 15.7. The fourth-order valence-corrected chi connectivity index (χ4v) is 2.37. The van der Waals surface area contributed by atoms with E-state index in [1.54, 1.807) is 42.5 Å². The minimum atomic E-state index is -0.544. The van der Waals surface area contributed by atoms with Crippen LogP contribution in [-0.2, 0) is 4.79 Å². The standard InChI is InChI=1S/C22H20N2O4/c1-4-12-28-20-11-10-16(14-21(20)27-5-2)13-17(15-23)22(25)24-18-8-6-7-9-19(18)26-3/h1,6-11,13-14H,5,12H2,2-3H3,(H,24,25)/b17-13+. The highest BCUT2D eigenvalue weighted by molar-refractivity contribution is 6.10. The highest BCUT2D eigenvalue weighted by Crippen LogP contribution is 2.29. The minimum Gasteiger partial charge on any atom is -0.495 e. The Morgan fingerprint density at radius 2 is 1.96 bits per heavy atom. The van der Waals surface area contributed by atoms with Gasteiger partial charge in [0.2, 0.25) is 0 Å². The molecule has 1 amide bonds. The SMILES string of the molecule is C#CCOc1ccc(/C=C(\C#N)C(=O)Nc2ccccc2OC)cc1OCC. The van der Waals surface area contributed by atoms with Crippen molar-refractivity contribution >= 4 is 17.7 Å². The number of methoxy groups -OCH3 is 1. The molecule has 28 heavy (non-hydrogen) atoms. The fraction of sp³-hybridized carbons (Fsp3) is 0.182. The molecule has 2 aromatic carbocycles. The van der Waals surface area contributed by atoms with Crippen LogP contribution in [0.25, 0.3) is 6.08 Å². The van der Waals surface area contributed by atoms with Gasteiger partial charge in [0.1, 0.15) is 24.0 Å². The Kier molecular flexibility index (Phi) is 7.51. The summed E-state index contributed by atoms with van der Waals surface area (Å²) < 4.78 is 16.2. The Bertz CT molecular complexity index is 952. The van der Waals surface area contributed by atoms with Crippen LogP contribution in [0.15, 0.2) is 48.0 Å². The summed E-state index contributed by atoms with van der Waals surface area (Å²) >= 11 is 0. The van der Waals surface area contributed by atoms with E-state index in [0.29, 0.717) is 35.1 Å². The van der Waals surface area contributed by atoms with Crippen molar-refractivity contribution in [1.82, 2.24) is 0 Å². The van der Waals surface area contributed by atoms with Gasteiger partial charge in [0, 0.05) is 0 Å². The van der Waals surface area contributed by atoms with Crippen molar-refractivity contribution in [2.24, 2.45) is 0 Å². The number of benzene rings is 2. The second-order valence-corrected chi connectivity index (χ2v) is 5.46. The lowest BCUT2D eigenvalue weighted by Crippen LogP contribution is -2.14. The lowest BCUT2D eigenvalue weighted by atomic mass is 10.1. The summed E-state index contributed by atoms with van der Waals surface area (Å²) in [6.07, 6.45) is 6.69. The average Bonchev–Trinajstić information content (AvgIpc) is 2.72. The third-order valence-corrected chi connectivity index (χ3v) is 3.61. The lowest BCUT2D eigenvalue weighted by Gasteiger charge is -2.11. The van der Waals surface area contributed by atoms with Gasteiger partial charge in [-0.25, -0.2) is 0 Å². The molecule has 0 aliphatic carbocycles. The Morgan fingerprint density at radius 1 is 1.18 bits per heavy atom. The van der Waals surface area contributed by atoms with Gasteiger partial charge in [-0.15, -0.1) is 6.42 Å². The number of nitrogens with one attached hydrogen (secondary N) is 1. The van der Waals surface area contributed by atoms with E-state index in [1.165, 1.54) is 13.2 Å². The maximum atomic E-state index is 12.5. The minimum absolute atomic E-state index is 0.0642. The first-order chi connectivity index (χ1) is 13.6. The van der Waals surface area contributed by atoms with Crippen molar-refractivity contribution in [3.63, 3.8) is 0 Å².